The molecule has 0 radical (unpaired) electrons. The van der Waals surface area contributed by atoms with Gasteiger partial charge in [0.2, 0.25) is 0 Å². The molecule has 0 fully saturated rings. The van der Waals surface area contributed by atoms with Crippen molar-refractivity contribution < 1.29 is 14.6 Å². The van der Waals surface area contributed by atoms with Gasteiger partial charge in [-0.2, -0.15) is 0 Å². The maximum Gasteiger partial charge on any atom is 0.410 e. The summed E-state index contributed by atoms with van der Waals surface area (Å²) in [5.74, 6) is 0.241. The normalized spacial score (nSPS) is 13.6. The van der Waals surface area contributed by atoms with Gasteiger partial charge in [-0.3, -0.25) is 0 Å². The molecule has 0 unspecified atom stereocenters. The first kappa shape index (κ1) is 14.9. The summed E-state index contributed by atoms with van der Waals surface area (Å²) in [6, 6.07) is 13.0. The molecule has 0 aliphatic carbocycles. The topological polar surface area (TPSA) is 49.8 Å². The lowest BCUT2D eigenvalue weighted by Crippen LogP contribution is -2.36. The Hall–Kier alpha value is -2.01. The van der Waals surface area contributed by atoms with E-state index in [0.29, 0.717) is 19.5 Å². The van der Waals surface area contributed by atoms with Gasteiger partial charge >= 0.3 is 6.09 Å². The smallest absolute Gasteiger partial charge is 0.410 e. The predicted octanol–water partition coefficient (Wildman–Crippen LogP) is 3.85. The van der Waals surface area contributed by atoms with Crippen molar-refractivity contribution in [2.75, 3.05) is 6.54 Å². The maximum atomic E-state index is 12.2. The molecule has 0 bridgehead atoms. The molecule has 0 aromatic heterocycles. The Bertz CT molecular complexity index is 688. The Morgan fingerprint density at radius 1 is 1.27 bits per heavy atom. The number of benzene rings is 2. The lowest BCUT2D eigenvalue weighted by Gasteiger charge is -2.29. The van der Waals surface area contributed by atoms with Crippen molar-refractivity contribution in [1.29, 1.82) is 0 Å². The van der Waals surface area contributed by atoms with Crippen LogP contribution in [0.4, 0.5) is 4.79 Å². The molecule has 0 saturated heterocycles. The average Bonchev–Trinajstić information content (AvgIpc) is 2.53. The van der Waals surface area contributed by atoms with E-state index in [1.54, 1.807) is 17.0 Å². The van der Waals surface area contributed by atoms with Crippen LogP contribution in [-0.4, -0.2) is 22.6 Å². The van der Waals surface area contributed by atoms with Crippen LogP contribution in [-0.2, 0) is 24.3 Å². The molecule has 2 aromatic carbocycles. The third-order valence-corrected chi connectivity index (χ3v) is 4.44. The second-order valence-corrected chi connectivity index (χ2v) is 6.13. The number of halogens is 1. The molecule has 1 amide bonds. The average molecular weight is 362 g/mol. The van der Waals surface area contributed by atoms with Crippen molar-refractivity contribution in [2.45, 2.75) is 19.6 Å². The Morgan fingerprint density at radius 3 is 2.82 bits per heavy atom. The van der Waals surface area contributed by atoms with Crippen LogP contribution in [0.5, 0.6) is 5.75 Å². The summed E-state index contributed by atoms with van der Waals surface area (Å²) in [6.45, 7) is 1.36. The van der Waals surface area contributed by atoms with Gasteiger partial charge in [0.15, 0.2) is 0 Å². The van der Waals surface area contributed by atoms with Crippen molar-refractivity contribution in [3.63, 3.8) is 0 Å². The second-order valence-electron chi connectivity index (χ2n) is 5.28. The molecule has 22 heavy (non-hydrogen) atoms. The third kappa shape index (κ3) is 3.25. The van der Waals surface area contributed by atoms with Crippen molar-refractivity contribution >= 4 is 22.0 Å². The quantitative estimate of drug-likeness (QED) is 0.883. The Labute approximate surface area is 137 Å². The highest BCUT2D eigenvalue weighted by Gasteiger charge is 2.24. The molecular weight excluding hydrogens is 346 g/mol. The fourth-order valence-corrected chi connectivity index (χ4v) is 3.18. The number of nitrogens with zero attached hydrogens (tertiary/aromatic N) is 1. The number of hydrogen-bond acceptors (Lipinski definition) is 3. The second kappa shape index (κ2) is 6.40. The van der Waals surface area contributed by atoms with Crippen LogP contribution in [0.15, 0.2) is 46.9 Å². The fraction of sp³-hybridized carbons (Fsp3) is 0.235. The number of carbonyl (C=O) groups is 1. The molecule has 1 heterocycles. The number of aromatic hydroxyl groups is 1. The Morgan fingerprint density at radius 2 is 2.05 bits per heavy atom. The number of fused-ring (bicyclic) bond motifs is 1. The number of ether oxygens (including phenoxy) is 1. The van der Waals surface area contributed by atoms with E-state index in [0.717, 1.165) is 21.2 Å². The highest BCUT2D eigenvalue weighted by atomic mass is 79.9. The summed E-state index contributed by atoms with van der Waals surface area (Å²) in [5, 5.41) is 9.62. The molecule has 0 atom stereocenters. The van der Waals surface area contributed by atoms with E-state index in [9.17, 15) is 9.90 Å². The van der Waals surface area contributed by atoms with E-state index in [-0.39, 0.29) is 18.4 Å². The summed E-state index contributed by atoms with van der Waals surface area (Å²) in [4.78, 5) is 13.9. The highest BCUT2D eigenvalue weighted by molar-refractivity contribution is 9.10. The van der Waals surface area contributed by atoms with E-state index < -0.39 is 0 Å². The predicted molar refractivity (Wildman–Crippen MR) is 86.5 cm³/mol. The molecule has 0 spiro atoms. The molecule has 1 aliphatic heterocycles. The molecule has 0 saturated carbocycles. The van der Waals surface area contributed by atoms with Gasteiger partial charge in [0.25, 0.3) is 0 Å². The molecular formula is C17H16BrNO3. The number of amides is 1. The Balaban J connectivity index is 1.65. The van der Waals surface area contributed by atoms with Gasteiger partial charge < -0.3 is 14.7 Å². The first-order valence-electron chi connectivity index (χ1n) is 7.09. The molecule has 114 valence electrons. The summed E-state index contributed by atoms with van der Waals surface area (Å²) in [7, 11) is 0. The van der Waals surface area contributed by atoms with Gasteiger partial charge in [0.05, 0.1) is 6.54 Å². The molecule has 1 aliphatic rings. The van der Waals surface area contributed by atoms with Crippen LogP contribution < -0.4 is 0 Å². The largest absolute Gasteiger partial charge is 0.508 e. The lowest BCUT2D eigenvalue weighted by atomic mass is 10.00. The van der Waals surface area contributed by atoms with Crippen LogP contribution in [0.2, 0.25) is 0 Å². The van der Waals surface area contributed by atoms with Crippen LogP contribution in [0.1, 0.15) is 16.7 Å². The van der Waals surface area contributed by atoms with Crippen molar-refractivity contribution in [1.82, 2.24) is 4.90 Å². The number of phenolic OH excluding ortho intramolecular Hbond substituents is 1. The van der Waals surface area contributed by atoms with Crippen molar-refractivity contribution in [3.05, 3.63) is 63.6 Å². The maximum absolute atomic E-state index is 12.2. The van der Waals surface area contributed by atoms with E-state index in [1.807, 2.05) is 30.3 Å². The van der Waals surface area contributed by atoms with Gasteiger partial charge in [-0.1, -0.05) is 46.3 Å². The number of rotatable bonds is 2. The number of hydrogen-bond donors (Lipinski definition) is 1. The fourth-order valence-electron chi connectivity index (χ4n) is 2.57. The van der Waals surface area contributed by atoms with Crippen LogP contribution in [0.25, 0.3) is 0 Å². The zero-order chi connectivity index (χ0) is 15.5. The molecule has 2 aromatic rings. The first-order chi connectivity index (χ1) is 10.6. The van der Waals surface area contributed by atoms with E-state index in [2.05, 4.69) is 15.9 Å². The number of carbonyl (C=O) groups excluding carboxylic acids is 1. The summed E-state index contributed by atoms with van der Waals surface area (Å²) >= 11 is 3.45. The summed E-state index contributed by atoms with van der Waals surface area (Å²) < 4.78 is 6.19. The standard InChI is InChI=1S/C17H16BrNO3/c18-16-9-14(20)8-13-6-7-19(10-15(13)16)17(21)22-11-12-4-2-1-3-5-12/h1-5,8-9,20H,6-7,10-11H2. The minimum atomic E-state index is -0.311. The Kier molecular flexibility index (Phi) is 4.34. The van der Waals surface area contributed by atoms with Gasteiger partial charge in [0, 0.05) is 11.0 Å². The van der Waals surface area contributed by atoms with Gasteiger partial charge in [-0.25, -0.2) is 4.79 Å². The zero-order valence-corrected chi connectivity index (χ0v) is 13.5. The molecule has 3 rings (SSSR count). The molecule has 5 heteroatoms. The summed E-state index contributed by atoms with van der Waals surface area (Å²) in [6.07, 6.45) is 0.400. The van der Waals surface area contributed by atoms with Crippen LogP contribution >= 0.6 is 15.9 Å². The summed E-state index contributed by atoms with van der Waals surface area (Å²) in [5.41, 5.74) is 3.07. The third-order valence-electron chi connectivity index (χ3n) is 3.74. The minimum absolute atomic E-state index is 0.241. The van der Waals surface area contributed by atoms with Crippen LogP contribution in [0, 0.1) is 0 Å². The van der Waals surface area contributed by atoms with E-state index in [4.69, 9.17) is 4.74 Å². The zero-order valence-electron chi connectivity index (χ0n) is 12.0. The molecule has 4 nitrogen and oxygen atoms in total. The number of phenols is 1. The van der Waals surface area contributed by atoms with Gasteiger partial charge in [-0.05, 0) is 35.2 Å². The van der Waals surface area contributed by atoms with Gasteiger partial charge in [0.1, 0.15) is 12.4 Å². The van der Waals surface area contributed by atoms with E-state index >= 15 is 0 Å². The van der Waals surface area contributed by atoms with Crippen molar-refractivity contribution in [3.8, 4) is 5.75 Å². The SMILES string of the molecule is O=C(OCc1ccccc1)N1CCc2cc(O)cc(Br)c2C1. The minimum Gasteiger partial charge on any atom is -0.508 e. The lowest BCUT2D eigenvalue weighted by molar-refractivity contribution is 0.0917. The van der Waals surface area contributed by atoms with E-state index in [1.165, 1.54) is 0 Å². The van der Waals surface area contributed by atoms with Crippen molar-refractivity contribution in [2.24, 2.45) is 0 Å². The molecule has 1 N–H and O–H groups in total. The van der Waals surface area contributed by atoms with Crippen LogP contribution in [0.3, 0.4) is 0 Å². The van der Waals surface area contributed by atoms with Gasteiger partial charge in [-0.15, -0.1) is 0 Å². The first-order valence-corrected chi connectivity index (χ1v) is 7.88. The highest BCUT2D eigenvalue weighted by Crippen LogP contribution is 2.31. The monoisotopic (exact) mass is 361 g/mol.